The third kappa shape index (κ3) is 4.35. The first kappa shape index (κ1) is 16.5. The number of hydrogen-bond acceptors (Lipinski definition) is 2. The van der Waals surface area contributed by atoms with Crippen molar-refractivity contribution in [2.45, 2.75) is 77.0 Å². The Hall–Kier alpha value is -1.35. The van der Waals surface area contributed by atoms with Crippen LogP contribution >= 0.6 is 0 Å². The molecule has 3 nitrogen and oxygen atoms in total. The number of carbonyl (C=O) groups is 1. The molecule has 1 aliphatic carbocycles. The van der Waals surface area contributed by atoms with Gasteiger partial charge in [-0.2, -0.15) is 0 Å². The van der Waals surface area contributed by atoms with E-state index in [1.807, 2.05) is 0 Å². The molecule has 2 aliphatic rings. The molecule has 1 aliphatic heterocycles. The van der Waals surface area contributed by atoms with Gasteiger partial charge in [0.15, 0.2) is 0 Å². The van der Waals surface area contributed by atoms with Gasteiger partial charge in [-0.3, -0.25) is 4.79 Å². The van der Waals surface area contributed by atoms with Crippen LogP contribution in [0, 0.1) is 12.8 Å². The number of hydrogen-bond donors (Lipinski definition) is 1. The first-order chi connectivity index (χ1) is 11.1. The van der Waals surface area contributed by atoms with Gasteiger partial charge in [-0.1, -0.05) is 49.1 Å². The molecule has 3 heteroatoms. The summed E-state index contributed by atoms with van der Waals surface area (Å²) in [6, 6.07) is 8.88. The fraction of sp³-hybridized carbons (Fsp3) is 0.650. The number of nitrogens with one attached hydrogen (secondary N) is 1. The Balaban J connectivity index is 1.75. The Kier molecular flexibility index (Phi) is 5.37. The Bertz CT molecular complexity index is 519. The molecule has 3 rings (SSSR count). The molecule has 0 spiro atoms. The van der Waals surface area contributed by atoms with Gasteiger partial charge in [0.2, 0.25) is 5.91 Å². The van der Waals surface area contributed by atoms with E-state index in [4.69, 9.17) is 4.74 Å². The smallest absolute Gasteiger partial charge is 0.217 e. The molecule has 23 heavy (non-hydrogen) atoms. The number of rotatable bonds is 3. The molecule has 0 aromatic heterocycles. The van der Waals surface area contributed by atoms with E-state index >= 15 is 0 Å². The highest BCUT2D eigenvalue weighted by Gasteiger charge is 2.35. The summed E-state index contributed by atoms with van der Waals surface area (Å²) in [6.45, 7) is 3.72. The predicted molar refractivity (Wildman–Crippen MR) is 92.2 cm³/mol. The average molecular weight is 315 g/mol. The first-order valence-electron chi connectivity index (χ1n) is 9.11. The quantitative estimate of drug-likeness (QED) is 0.903. The van der Waals surface area contributed by atoms with Crippen molar-refractivity contribution in [3.8, 4) is 0 Å². The summed E-state index contributed by atoms with van der Waals surface area (Å²) >= 11 is 0. The summed E-state index contributed by atoms with van der Waals surface area (Å²) in [7, 11) is 0. The fourth-order valence-electron chi connectivity index (χ4n) is 4.17. The molecule has 0 bridgehead atoms. The van der Waals surface area contributed by atoms with Gasteiger partial charge in [-0.05, 0) is 44.1 Å². The van der Waals surface area contributed by atoms with E-state index in [1.54, 1.807) is 6.92 Å². The van der Waals surface area contributed by atoms with Crippen LogP contribution in [-0.4, -0.2) is 18.1 Å². The molecule has 126 valence electrons. The van der Waals surface area contributed by atoms with Gasteiger partial charge in [-0.25, -0.2) is 0 Å². The van der Waals surface area contributed by atoms with Crippen molar-refractivity contribution in [2.75, 3.05) is 0 Å². The Morgan fingerprint density at radius 3 is 2.43 bits per heavy atom. The highest BCUT2D eigenvalue weighted by atomic mass is 16.5. The molecule has 3 atom stereocenters. The van der Waals surface area contributed by atoms with Crippen molar-refractivity contribution in [1.82, 2.24) is 5.32 Å². The Morgan fingerprint density at radius 1 is 1.09 bits per heavy atom. The molecule has 0 unspecified atom stereocenters. The molecule has 1 saturated heterocycles. The van der Waals surface area contributed by atoms with Crippen LogP contribution in [0.2, 0.25) is 0 Å². The standard InChI is InChI=1S/C20H29NO2/c1-14-8-10-17(11-9-14)20-13-18(21-15(2)22)12-19(23-20)16-6-4-3-5-7-16/h8-11,16,18-20H,3-7,12-13H2,1-2H3,(H,21,22)/t18-,19-,20+/m0/s1. The zero-order valence-corrected chi connectivity index (χ0v) is 14.4. The molecule has 1 saturated carbocycles. The Morgan fingerprint density at radius 2 is 1.78 bits per heavy atom. The lowest BCUT2D eigenvalue weighted by molar-refractivity contribution is -0.124. The predicted octanol–water partition coefficient (Wildman–Crippen LogP) is 4.30. The number of ether oxygens (including phenoxy) is 1. The van der Waals surface area contributed by atoms with Crippen molar-refractivity contribution >= 4 is 5.91 Å². The first-order valence-corrected chi connectivity index (χ1v) is 9.11. The second kappa shape index (κ2) is 7.48. The van der Waals surface area contributed by atoms with E-state index in [9.17, 15) is 4.79 Å². The lowest BCUT2D eigenvalue weighted by Gasteiger charge is -2.40. The molecule has 0 radical (unpaired) electrons. The van der Waals surface area contributed by atoms with Crippen molar-refractivity contribution in [2.24, 2.45) is 5.92 Å². The van der Waals surface area contributed by atoms with Crippen LogP contribution in [0.15, 0.2) is 24.3 Å². The maximum absolute atomic E-state index is 11.5. The summed E-state index contributed by atoms with van der Waals surface area (Å²) in [5.74, 6) is 0.732. The second-order valence-electron chi connectivity index (χ2n) is 7.34. The third-order valence-electron chi connectivity index (χ3n) is 5.39. The van der Waals surface area contributed by atoms with Gasteiger partial charge in [0.25, 0.3) is 0 Å². The largest absolute Gasteiger partial charge is 0.370 e. The highest BCUT2D eigenvalue weighted by molar-refractivity contribution is 5.73. The molecule has 1 aromatic rings. The van der Waals surface area contributed by atoms with Crippen LogP contribution in [0.3, 0.4) is 0 Å². The van der Waals surface area contributed by atoms with Crippen LogP contribution in [0.4, 0.5) is 0 Å². The maximum atomic E-state index is 11.5. The molecular formula is C20H29NO2. The zero-order valence-electron chi connectivity index (χ0n) is 14.4. The van der Waals surface area contributed by atoms with Gasteiger partial charge < -0.3 is 10.1 Å². The van der Waals surface area contributed by atoms with Crippen molar-refractivity contribution in [3.05, 3.63) is 35.4 Å². The minimum absolute atomic E-state index is 0.0713. The fourth-order valence-corrected chi connectivity index (χ4v) is 4.17. The van der Waals surface area contributed by atoms with Crippen LogP contribution < -0.4 is 5.32 Å². The van der Waals surface area contributed by atoms with Gasteiger partial charge in [0, 0.05) is 13.0 Å². The van der Waals surface area contributed by atoms with Gasteiger partial charge >= 0.3 is 0 Å². The summed E-state index contributed by atoms with van der Waals surface area (Å²) in [5.41, 5.74) is 2.51. The highest BCUT2D eigenvalue weighted by Crippen LogP contribution is 2.38. The molecule has 1 amide bonds. The van der Waals surface area contributed by atoms with Gasteiger partial charge in [0.1, 0.15) is 0 Å². The van der Waals surface area contributed by atoms with E-state index < -0.39 is 0 Å². The minimum atomic E-state index is 0.0713. The molecular weight excluding hydrogens is 286 g/mol. The molecule has 1 N–H and O–H groups in total. The summed E-state index contributed by atoms with van der Waals surface area (Å²) in [5, 5.41) is 3.14. The van der Waals surface area contributed by atoms with Gasteiger partial charge in [-0.15, -0.1) is 0 Å². The Labute approximate surface area is 139 Å². The molecule has 1 heterocycles. The average Bonchev–Trinajstić information content (AvgIpc) is 2.55. The van der Waals surface area contributed by atoms with E-state index in [-0.39, 0.29) is 24.2 Å². The lowest BCUT2D eigenvalue weighted by Crippen LogP contribution is -2.44. The van der Waals surface area contributed by atoms with E-state index in [2.05, 4.69) is 36.5 Å². The van der Waals surface area contributed by atoms with E-state index in [0.717, 1.165) is 12.8 Å². The summed E-state index contributed by atoms with van der Waals surface area (Å²) in [4.78, 5) is 11.5. The van der Waals surface area contributed by atoms with Crippen LogP contribution in [0.5, 0.6) is 0 Å². The summed E-state index contributed by atoms with van der Waals surface area (Å²) < 4.78 is 6.51. The minimum Gasteiger partial charge on any atom is -0.370 e. The second-order valence-corrected chi connectivity index (χ2v) is 7.34. The van der Waals surface area contributed by atoms with Crippen LogP contribution in [-0.2, 0) is 9.53 Å². The molecule has 2 fully saturated rings. The topological polar surface area (TPSA) is 38.3 Å². The lowest BCUT2D eigenvalue weighted by atomic mass is 9.80. The van der Waals surface area contributed by atoms with Crippen LogP contribution in [0.25, 0.3) is 0 Å². The van der Waals surface area contributed by atoms with E-state index in [0.29, 0.717) is 5.92 Å². The van der Waals surface area contributed by atoms with Crippen molar-refractivity contribution in [3.63, 3.8) is 0 Å². The van der Waals surface area contributed by atoms with Gasteiger partial charge in [0.05, 0.1) is 12.2 Å². The van der Waals surface area contributed by atoms with Crippen LogP contribution in [0.1, 0.15) is 69.1 Å². The number of carbonyl (C=O) groups excluding carboxylic acids is 1. The SMILES string of the molecule is CC(=O)N[C@H]1C[C@@H](C2CCCCC2)O[C@@H](c2ccc(C)cc2)C1. The number of benzene rings is 1. The third-order valence-corrected chi connectivity index (χ3v) is 5.39. The summed E-state index contributed by atoms with van der Waals surface area (Å²) in [6.07, 6.45) is 8.80. The van der Waals surface area contributed by atoms with E-state index in [1.165, 1.54) is 43.2 Å². The van der Waals surface area contributed by atoms with Crippen molar-refractivity contribution in [1.29, 1.82) is 0 Å². The number of aryl methyl sites for hydroxylation is 1. The normalized spacial score (nSPS) is 29.2. The maximum Gasteiger partial charge on any atom is 0.217 e. The molecule has 1 aromatic carbocycles. The zero-order chi connectivity index (χ0) is 16.2. The monoisotopic (exact) mass is 315 g/mol. The van der Waals surface area contributed by atoms with Crippen molar-refractivity contribution < 1.29 is 9.53 Å². The number of amides is 1.